The molecule has 1 aliphatic heterocycles. The van der Waals surface area contributed by atoms with Gasteiger partial charge in [-0.1, -0.05) is 42.0 Å². The van der Waals surface area contributed by atoms with E-state index < -0.39 is 0 Å². The molecule has 0 radical (unpaired) electrons. The van der Waals surface area contributed by atoms with Gasteiger partial charge in [0.2, 0.25) is 0 Å². The summed E-state index contributed by atoms with van der Waals surface area (Å²) in [6.07, 6.45) is 0.771. The van der Waals surface area contributed by atoms with Gasteiger partial charge in [-0.2, -0.15) is 0 Å². The van der Waals surface area contributed by atoms with Crippen LogP contribution in [-0.2, 0) is 13.0 Å². The van der Waals surface area contributed by atoms with E-state index in [9.17, 15) is 4.79 Å². The number of H-pyrrole nitrogens is 1. The lowest BCUT2D eigenvalue weighted by Crippen LogP contribution is -2.45. The van der Waals surface area contributed by atoms with Crippen molar-refractivity contribution >= 4 is 16.9 Å². The van der Waals surface area contributed by atoms with Crippen molar-refractivity contribution in [2.75, 3.05) is 20.8 Å². The van der Waals surface area contributed by atoms with Crippen LogP contribution in [0.25, 0.3) is 10.9 Å². The molecule has 1 atom stereocenters. The van der Waals surface area contributed by atoms with Crippen LogP contribution in [0.5, 0.6) is 11.5 Å². The number of fused-ring (bicyclic) bond motifs is 3. The van der Waals surface area contributed by atoms with Gasteiger partial charge >= 0.3 is 6.03 Å². The minimum Gasteiger partial charge on any atom is -0.497 e. The van der Waals surface area contributed by atoms with Gasteiger partial charge in [0.25, 0.3) is 0 Å². The topological polar surface area (TPSA) is 66.6 Å². The van der Waals surface area contributed by atoms with Crippen molar-refractivity contribution in [1.82, 2.24) is 15.2 Å². The number of hydrogen-bond acceptors (Lipinski definition) is 3. The molecule has 0 spiro atoms. The van der Waals surface area contributed by atoms with Gasteiger partial charge in [-0.05, 0) is 60.4 Å². The Bertz CT molecular complexity index is 1310. The summed E-state index contributed by atoms with van der Waals surface area (Å²) in [6, 6.07) is 21.9. The molecule has 0 saturated heterocycles. The average Bonchev–Trinajstić information content (AvgIpc) is 3.25. The summed E-state index contributed by atoms with van der Waals surface area (Å²) in [5.74, 6) is 1.62. The summed E-state index contributed by atoms with van der Waals surface area (Å²) in [7, 11) is 3.34. The van der Waals surface area contributed by atoms with E-state index in [0.717, 1.165) is 45.6 Å². The predicted molar refractivity (Wildman–Crippen MR) is 134 cm³/mol. The molecule has 3 aromatic carbocycles. The highest BCUT2D eigenvalue weighted by atomic mass is 16.5. The van der Waals surface area contributed by atoms with Crippen LogP contribution in [0.1, 0.15) is 34.0 Å². The van der Waals surface area contributed by atoms with Gasteiger partial charge in [-0.3, -0.25) is 0 Å². The highest BCUT2D eigenvalue weighted by molar-refractivity contribution is 5.87. The first-order valence-electron chi connectivity index (χ1n) is 11.5. The van der Waals surface area contributed by atoms with Crippen molar-refractivity contribution < 1.29 is 14.3 Å². The van der Waals surface area contributed by atoms with E-state index in [1.54, 1.807) is 14.2 Å². The van der Waals surface area contributed by atoms with Crippen LogP contribution in [0.3, 0.4) is 0 Å². The summed E-state index contributed by atoms with van der Waals surface area (Å²) in [4.78, 5) is 18.9. The number of nitrogens with zero attached hydrogens (tertiary/aromatic N) is 1. The first kappa shape index (κ1) is 21.9. The molecule has 2 heterocycles. The Morgan fingerprint density at radius 2 is 1.71 bits per heavy atom. The summed E-state index contributed by atoms with van der Waals surface area (Å²) < 4.78 is 10.8. The van der Waals surface area contributed by atoms with Crippen LogP contribution in [0, 0.1) is 6.92 Å². The maximum Gasteiger partial charge on any atom is 0.318 e. The molecule has 0 unspecified atom stereocenters. The lowest BCUT2D eigenvalue weighted by Gasteiger charge is -2.36. The van der Waals surface area contributed by atoms with Crippen LogP contribution in [0.15, 0.2) is 66.7 Å². The molecule has 5 rings (SSSR count). The van der Waals surface area contributed by atoms with Crippen LogP contribution >= 0.6 is 0 Å². The third-order valence-corrected chi connectivity index (χ3v) is 6.59. The minimum absolute atomic E-state index is 0.0803. The zero-order valence-electron chi connectivity index (χ0n) is 19.7. The number of urea groups is 1. The number of ether oxygens (including phenoxy) is 2. The Balaban J connectivity index is 1.50. The zero-order valence-corrected chi connectivity index (χ0v) is 19.7. The molecule has 4 aromatic rings. The molecular weight excluding hydrogens is 426 g/mol. The lowest BCUT2D eigenvalue weighted by atomic mass is 9.92. The van der Waals surface area contributed by atoms with Gasteiger partial charge in [0.15, 0.2) is 0 Å². The zero-order chi connectivity index (χ0) is 23.7. The van der Waals surface area contributed by atoms with E-state index in [1.165, 1.54) is 11.1 Å². The summed E-state index contributed by atoms with van der Waals surface area (Å²) >= 11 is 0. The van der Waals surface area contributed by atoms with E-state index in [-0.39, 0.29) is 12.1 Å². The molecule has 2 N–H and O–H groups in total. The number of aromatic amines is 1. The third-order valence-electron chi connectivity index (χ3n) is 6.59. The van der Waals surface area contributed by atoms with Crippen molar-refractivity contribution in [2.45, 2.75) is 25.9 Å². The number of benzene rings is 3. The van der Waals surface area contributed by atoms with Gasteiger partial charge in [-0.15, -0.1) is 0 Å². The lowest BCUT2D eigenvalue weighted by molar-refractivity contribution is 0.179. The monoisotopic (exact) mass is 455 g/mol. The van der Waals surface area contributed by atoms with Crippen molar-refractivity contribution in [3.63, 3.8) is 0 Å². The van der Waals surface area contributed by atoms with Gasteiger partial charge in [0, 0.05) is 29.7 Å². The number of aromatic nitrogens is 1. The van der Waals surface area contributed by atoms with Gasteiger partial charge in [0.05, 0.1) is 20.3 Å². The van der Waals surface area contributed by atoms with Crippen LogP contribution in [-0.4, -0.2) is 36.7 Å². The largest absolute Gasteiger partial charge is 0.497 e. The number of carbonyl (C=O) groups excluding carboxylic acids is 1. The van der Waals surface area contributed by atoms with Gasteiger partial charge in [-0.25, -0.2) is 4.79 Å². The standard InChI is InChI=1S/C28H29N3O3/c1-18-4-6-19(7-5-18)17-29-28(32)31-15-14-23-24-16-22(34-3)12-13-25(24)30-26(23)27(31)20-8-10-21(33-2)11-9-20/h4-13,16,27,30H,14-15,17H2,1-3H3,(H,29,32)/t27-/m0/s1. The van der Waals surface area contributed by atoms with Crippen molar-refractivity contribution in [2.24, 2.45) is 0 Å². The number of aryl methyl sites for hydroxylation is 1. The number of hydrogen-bond donors (Lipinski definition) is 2. The number of nitrogens with one attached hydrogen (secondary N) is 2. The molecule has 2 amide bonds. The number of rotatable bonds is 5. The molecule has 6 heteroatoms. The van der Waals surface area contributed by atoms with Crippen LogP contribution < -0.4 is 14.8 Å². The van der Waals surface area contributed by atoms with E-state index >= 15 is 0 Å². The summed E-state index contributed by atoms with van der Waals surface area (Å²) in [6.45, 7) is 3.17. The SMILES string of the molecule is COc1ccc([C@H]2c3[nH]c4ccc(OC)cc4c3CCN2C(=O)NCc2ccc(C)cc2)cc1. The Morgan fingerprint density at radius 3 is 2.41 bits per heavy atom. The fraction of sp³-hybridized carbons (Fsp3) is 0.250. The predicted octanol–water partition coefficient (Wildman–Crippen LogP) is 5.35. The Hall–Kier alpha value is -3.93. The van der Waals surface area contributed by atoms with Crippen molar-refractivity contribution in [3.8, 4) is 11.5 Å². The third kappa shape index (κ3) is 4.07. The second kappa shape index (κ2) is 9.14. The first-order valence-corrected chi connectivity index (χ1v) is 11.5. The number of carbonyl (C=O) groups is 1. The Kier molecular flexibility index (Phi) is 5.88. The van der Waals surface area contributed by atoms with Crippen molar-refractivity contribution in [1.29, 1.82) is 0 Å². The van der Waals surface area contributed by atoms with Crippen LogP contribution in [0.4, 0.5) is 4.79 Å². The molecule has 1 aromatic heterocycles. The van der Waals surface area contributed by atoms with E-state index in [0.29, 0.717) is 13.1 Å². The minimum atomic E-state index is -0.230. The van der Waals surface area contributed by atoms with Crippen molar-refractivity contribution in [3.05, 3.63) is 94.7 Å². The Morgan fingerprint density at radius 1 is 1.00 bits per heavy atom. The summed E-state index contributed by atoms with van der Waals surface area (Å²) in [5.41, 5.74) is 6.64. The average molecular weight is 456 g/mol. The quantitative estimate of drug-likeness (QED) is 0.426. The molecule has 0 saturated carbocycles. The molecule has 0 bridgehead atoms. The number of methoxy groups -OCH3 is 2. The molecular formula is C28H29N3O3. The second-order valence-corrected chi connectivity index (χ2v) is 8.69. The van der Waals surface area contributed by atoms with E-state index in [1.807, 2.05) is 41.3 Å². The second-order valence-electron chi connectivity index (χ2n) is 8.69. The maximum absolute atomic E-state index is 13.4. The fourth-order valence-electron chi connectivity index (χ4n) is 4.73. The summed E-state index contributed by atoms with van der Waals surface area (Å²) in [5, 5.41) is 4.27. The van der Waals surface area contributed by atoms with Gasteiger partial charge in [0.1, 0.15) is 11.5 Å². The molecule has 1 aliphatic rings. The first-order chi connectivity index (χ1) is 16.6. The van der Waals surface area contributed by atoms with E-state index in [4.69, 9.17) is 9.47 Å². The molecule has 174 valence electrons. The van der Waals surface area contributed by atoms with Crippen LogP contribution in [0.2, 0.25) is 0 Å². The van der Waals surface area contributed by atoms with Gasteiger partial charge < -0.3 is 24.7 Å². The number of amides is 2. The van der Waals surface area contributed by atoms with E-state index in [2.05, 4.69) is 47.6 Å². The molecule has 0 aliphatic carbocycles. The molecule has 6 nitrogen and oxygen atoms in total. The molecule has 34 heavy (non-hydrogen) atoms. The molecule has 0 fully saturated rings. The Labute approximate surface area is 199 Å². The normalized spacial score (nSPS) is 15.1. The maximum atomic E-state index is 13.4. The highest BCUT2D eigenvalue weighted by Crippen LogP contribution is 2.39. The highest BCUT2D eigenvalue weighted by Gasteiger charge is 2.34. The smallest absolute Gasteiger partial charge is 0.318 e. The fourth-order valence-corrected chi connectivity index (χ4v) is 4.73.